The molecule has 16 aromatic rings. The lowest BCUT2D eigenvalue weighted by atomic mass is 9.97. The first-order chi connectivity index (χ1) is 57.2. The van der Waals surface area contributed by atoms with Crippen molar-refractivity contribution < 1.29 is 0 Å². The van der Waals surface area contributed by atoms with E-state index in [0.717, 1.165) is 19.3 Å². The van der Waals surface area contributed by atoms with E-state index in [0.29, 0.717) is 0 Å². The minimum Gasteiger partial charge on any atom is -0.264 e. The number of hydrogen-bond donors (Lipinski definition) is 0. The first kappa shape index (κ1) is 113. The van der Waals surface area contributed by atoms with Crippen LogP contribution in [-0.4, -0.2) is 4.98 Å². The largest absolute Gasteiger partial charge is 0.264 e. The van der Waals surface area contributed by atoms with Crippen LogP contribution in [0.2, 0.25) is 0 Å². The van der Waals surface area contributed by atoms with E-state index in [-0.39, 0.29) is 52.0 Å². The molecule has 0 saturated carbocycles. The molecule has 126 heavy (non-hydrogen) atoms. The maximum absolute atomic E-state index is 3.98. The maximum Gasteiger partial charge on any atom is 0.0297 e. The van der Waals surface area contributed by atoms with Crippen molar-refractivity contribution in [3.8, 4) is 33.4 Å². The molecule has 0 atom stereocenters. The van der Waals surface area contributed by atoms with Crippen LogP contribution < -0.4 is 0 Å². The van der Waals surface area contributed by atoms with Gasteiger partial charge in [0.25, 0.3) is 0 Å². The number of nitrogens with zero attached hydrogens (tertiary/aromatic N) is 1. The third kappa shape index (κ3) is 43.7. The van der Waals surface area contributed by atoms with Crippen molar-refractivity contribution in [1.29, 1.82) is 0 Å². The van der Waals surface area contributed by atoms with Gasteiger partial charge in [-0.1, -0.05) is 489 Å². The minimum absolute atomic E-state index is 0. The maximum atomic E-state index is 3.98. The summed E-state index contributed by atoms with van der Waals surface area (Å²) < 4.78 is 0. The Morgan fingerprint density at radius 1 is 0.151 bits per heavy atom. The van der Waals surface area contributed by atoms with Crippen molar-refractivity contribution in [2.45, 2.75) is 210 Å². The first-order valence-electron chi connectivity index (χ1n) is 41.9. The second kappa shape index (κ2) is 61.7. The quantitative estimate of drug-likeness (QED) is 0.140. The molecule has 1 aromatic heterocycles. The Hall–Kier alpha value is -12.6. The molecule has 0 spiro atoms. The van der Waals surface area contributed by atoms with Gasteiger partial charge in [-0.05, 0) is 269 Å². The molecule has 0 saturated heterocycles. The van der Waals surface area contributed by atoms with Crippen molar-refractivity contribution in [3.05, 3.63) is 527 Å². The number of pyridine rings is 1. The van der Waals surface area contributed by atoms with Crippen molar-refractivity contribution in [1.82, 2.24) is 4.98 Å². The van der Waals surface area contributed by atoms with E-state index in [2.05, 4.69) is 500 Å². The lowest BCUT2D eigenvalue weighted by Crippen LogP contribution is -1.93. The average Bonchev–Trinajstić information content (AvgIpc) is 0.834. The topological polar surface area (TPSA) is 12.9 Å². The van der Waals surface area contributed by atoms with Crippen molar-refractivity contribution in [3.63, 3.8) is 0 Å². The van der Waals surface area contributed by atoms with Crippen LogP contribution in [0.3, 0.4) is 0 Å². The van der Waals surface area contributed by atoms with Gasteiger partial charge in [0, 0.05) is 12.4 Å². The molecule has 0 bridgehead atoms. The third-order valence-electron chi connectivity index (χ3n) is 20.3. The summed E-state index contributed by atoms with van der Waals surface area (Å²) in [5.74, 6) is 0. The monoisotopic (exact) mass is 1670 g/mol. The van der Waals surface area contributed by atoms with Gasteiger partial charge in [-0.3, -0.25) is 4.98 Å². The SMILES string of the molecule is C.C.C.C.C.C.C.Cc1ccc(-c2ccc(C)cc2)cc1.Cc1ccc(C)cc1.Cc1ccc(Cc2ccc(C)cc2)cc1.Cc1cccc(-c2cccc(C)c2)c1.Cc1cccc(C)c1.Cc1cccc(Cc2cccc(C)c2)c1.Cc1ccccc1-c1ccccc1C.Cc1ccccc1C.Cc1ccccc1Cc1ccccc1C.Cc1cncc(C)c1. The molecule has 15 aromatic carbocycles. The number of hydrogen-bond acceptors (Lipinski definition) is 1. The summed E-state index contributed by atoms with van der Waals surface area (Å²) in [7, 11) is 0. The van der Waals surface area contributed by atoms with Crippen LogP contribution in [0.4, 0.5) is 0 Å². The molecule has 0 unspecified atom stereocenters. The second-order valence-electron chi connectivity index (χ2n) is 31.9. The minimum atomic E-state index is 0. The highest BCUT2D eigenvalue weighted by atomic mass is 14.6. The van der Waals surface area contributed by atoms with Gasteiger partial charge in [0.05, 0.1) is 0 Å². The van der Waals surface area contributed by atoms with Gasteiger partial charge >= 0.3 is 0 Å². The molecule has 1 heterocycles. The van der Waals surface area contributed by atoms with E-state index in [1.165, 1.54) is 178 Å². The zero-order valence-electron chi connectivity index (χ0n) is 74.9. The number of aryl methyl sites for hydroxylation is 20. The Kier molecular flexibility index (Phi) is 55.6. The molecule has 16 rings (SSSR count). The standard InChI is InChI=1S/3C15H16.3C14H14.3C8H10.C7H9N.7CH4/c1-12-3-7-14(8-4-12)11-15-9-5-13(2)6-10-15;1-12-5-3-7-14(9-12)11-15-8-4-6-13(2)10-15;1-12-7-3-5-9-14(12)11-15-10-6-4-8-13(15)2;1-11-3-7-13(8-4-11)14-9-5-12(2)6-10-14;1-11-5-3-7-13(9-11)14-8-4-6-12(2)10-14;1-11-7-3-5-9-13(11)14-10-6-4-8-12(14)2;1-7-3-5-8(2)6-4-7;1-7-4-3-5-8(2)6-7;1-7-5-3-4-6-8(7)2;1-6-3-7(2)5-8-4-6;;;;;;;/h3*3-10H,11H2,1-2H3;3*3-10H,1-2H3;3*3-6H,1-2H3;3-5H,1-2H3;7*1H4. The van der Waals surface area contributed by atoms with E-state index >= 15 is 0 Å². The number of aromatic nitrogens is 1. The predicted molar refractivity (Wildman–Crippen MR) is 568 cm³/mol. The van der Waals surface area contributed by atoms with Gasteiger partial charge in [-0.15, -0.1) is 0 Å². The molecule has 0 aliphatic carbocycles. The molecule has 0 aliphatic rings. The molecule has 1 nitrogen and oxygen atoms in total. The van der Waals surface area contributed by atoms with E-state index in [1.54, 1.807) is 0 Å². The highest BCUT2D eigenvalue weighted by Crippen LogP contribution is 2.27. The number of benzene rings is 15. The second-order valence-corrected chi connectivity index (χ2v) is 31.9. The van der Waals surface area contributed by atoms with Crippen LogP contribution in [-0.2, 0) is 19.3 Å². The molecular weight excluding hydrogens is 1520 g/mol. The molecule has 0 radical (unpaired) electrons. The lowest BCUT2D eigenvalue weighted by molar-refractivity contribution is 1.13. The molecule has 0 N–H and O–H groups in total. The first-order valence-corrected chi connectivity index (χ1v) is 41.9. The fourth-order valence-corrected chi connectivity index (χ4v) is 13.1. The average molecular weight is 1670 g/mol. The van der Waals surface area contributed by atoms with E-state index < -0.39 is 0 Å². The van der Waals surface area contributed by atoms with Gasteiger partial charge in [0.15, 0.2) is 0 Å². The summed E-state index contributed by atoms with van der Waals surface area (Å²) in [4.78, 5) is 3.98. The van der Waals surface area contributed by atoms with Crippen molar-refractivity contribution in [2.75, 3.05) is 0 Å². The summed E-state index contributed by atoms with van der Waals surface area (Å²) in [5, 5.41) is 0. The Morgan fingerprint density at radius 3 is 0.651 bits per heavy atom. The third-order valence-corrected chi connectivity index (χ3v) is 20.3. The molecule has 0 aliphatic heterocycles. The van der Waals surface area contributed by atoms with Gasteiger partial charge in [-0.2, -0.15) is 0 Å². The van der Waals surface area contributed by atoms with Crippen LogP contribution in [0.1, 0.15) is 197 Å². The van der Waals surface area contributed by atoms with Crippen molar-refractivity contribution >= 4 is 0 Å². The Balaban J connectivity index is 0.00000138. The molecule has 1 heteroatoms. The zero-order valence-corrected chi connectivity index (χ0v) is 74.9. The predicted octanol–water partition coefficient (Wildman–Crippen LogP) is 36.7. The van der Waals surface area contributed by atoms with Crippen LogP contribution in [0.5, 0.6) is 0 Å². The smallest absolute Gasteiger partial charge is 0.0297 e. The highest BCUT2D eigenvalue weighted by Gasteiger charge is 2.06. The Bertz CT molecular complexity index is 5220. The van der Waals surface area contributed by atoms with E-state index in [9.17, 15) is 0 Å². The summed E-state index contributed by atoms with van der Waals surface area (Å²) >= 11 is 0. The summed E-state index contributed by atoms with van der Waals surface area (Å²) in [5.41, 5.74) is 42.7. The van der Waals surface area contributed by atoms with Crippen LogP contribution in [0.25, 0.3) is 33.4 Å². The number of rotatable bonds is 9. The van der Waals surface area contributed by atoms with Gasteiger partial charge in [0.2, 0.25) is 0 Å². The molecule has 662 valence electrons. The van der Waals surface area contributed by atoms with Crippen LogP contribution in [0.15, 0.2) is 382 Å². The van der Waals surface area contributed by atoms with Gasteiger partial charge in [0.1, 0.15) is 0 Å². The Labute approximate surface area is 770 Å². The van der Waals surface area contributed by atoms with E-state index in [4.69, 9.17) is 0 Å². The van der Waals surface area contributed by atoms with Crippen molar-refractivity contribution in [2.24, 2.45) is 0 Å². The lowest BCUT2D eigenvalue weighted by Gasteiger charge is -2.08. The summed E-state index contributed by atoms with van der Waals surface area (Å²) in [6.07, 6.45) is 6.81. The van der Waals surface area contributed by atoms with Gasteiger partial charge < -0.3 is 0 Å². The van der Waals surface area contributed by atoms with Crippen LogP contribution >= 0.6 is 0 Å². The Morgan fingerprint density at radius 2 is 0.389 bits per heavy atom. The van der Waals surface area contributed by atoms with E-state index in [1.807, 2.05) is 26.2 Å². The fraction of sp³-hybridized carbons (Fsp3) is 0.240. The molecule has 0 amide bonds. The summed E-state index contributed by atoms with van der Waals surface area (Å²) in [6, 6.07) is 131. The normalized spacial score (nSPS) is 9.40. The highest BCUT2D eigenvalue weighted by molar-refractivity contribution is 5.70. The fourth-order valence-electron chi connectivity index (χ4n) is 13.1. The van der Waals surface area contributed by atoms with Gasteiger partial charge in [-0.25, -0.2) is 0 Å². The molecule has 0 fully saturated rings. The summed E-state index contributed by atoms with van der Waals surface area (Å²) in [6.45, 7) is 42.4. The van der Waals surface area contributed by atoms with Crippen LogP contribution in [0, 0.1) is 138 Å². The zero-order chi connectivity index (χ0) is 85.9. The molecular formula is C125H157N.